The fourth-order valence-electron chi connectivity index (χ4n) is 1.96. The van der Waals surface area contributed by atoms with E-state index in [1.807, 2.05) is 30.3 Å². The quantitative estimate of drug-likeness (QED) is 0.846. The molecule has 0 unspecified atom stereocenters. The molecule has 2 rings (SSSR count). The minimum Gasteiger partial charge on any atom is -0.493 e. The van der Waals surface area contributed by atoms with Gasteiger partial charge in [-0.2, -0.15) is 0 Å². The van der Waals surface area contributed by atoms with E-state index in [2.05, 4.69) is 4.98 Å². The molecule has 1 aromatic carbocycles. The Kier molecular flexibility index (Phi) is 5.40. The van der Waals surface area contributed by atoms with E-state index in [9.17, 15) is 0 Å². The van der Waals surface area contributed by atoms with Crippen molar-refractivity contribution in [2.24, 2.45) is 5.73 Å². The molecule has 0 aliphatic rings. The van der Waals surface area contributed by atoms with Gasteiger partial charge in [0.1, 0.15) is 6.61 Å². The maximum atomic E-state index is 5.77. The highest BCUT2D eigenvalue weighted by atomic mass is 16.5. The second-order valence-electron chi connectivity index (χ2n) is 4.48. The van der Waals surface area contributed by atoms with Crippen LogP contribution in [-0.4, -0.2) is 25.7 Å². The van der Waals surface area contributed by atoms with Gasteiger partial charge in [-0.3, -0.25) is 0 Å². The lowest BCUT2D eigenvalue weighted by atomic mass is 10.1. The minimum atomic E-state index is 0.351. The highest BCUT2D eigenvalue weighted by Crippen LogP contribution is 2.28. The van der Waals surface area contributed by atoms with E-state index in [4.69, 9.17) is 19.9 Å². The molecule has 0 radical (unpaired) electrons. The summed E-state index contributed by atoms with van der Waals surface area (Å²) in [6.45, 7) is 0.959. The summed E-state index contributed by atoms with van der Waals surface area (Å²) in [6, 6.07) is 11.4. The lowest BCUT2D eigenvalue weighted by Gasteiger charge is -2.12. The summed E-state index contributed by atoms with van der Waals surface area (Å²) in [5.74, 6) is 1.95. The Morgan fingerprint density at radius 3 is 2.62 bits per heavy atom. The van der Waals surface area contributed by atoms with Crippen LogP contribution in [0.1, 0.15) is 11.3 Å². The van der Waals surface area contributed by atoms with Gasteiger partial charge in [-0.15, -0.1) is 0 Å². The van der Waals surface area contributed by atoms with Crippen molar-refractivity contribution in [2.45, 2.75) is 13.0 Å². The van der Waals surface area contributed by atoms with Gasteiger partial charge < -0.3 is 19.9 Å². The predicted octanol–water partition coefficient (Wildman–Crippen LogP) is 2.18. The third-order valence-electron chi connectivity index (χ3n) is 3.03. The molecular formula is C16H20N2O3. The number of aromatic nitrogens is 1. The smallest absolute Gasteiger partial charge is 0.213 e. The molecule has 5 heteroatoms. The number of hydrogen-bond acceptors (Lipinski definition) is 5. The Balaban J connectivity index is 2.08. The summed E-state index contributed by atoms with van der Waals surface area (Å²) in [7, 11) is 3.21. The van der Waals surface area contributed by atoms with Crippen molar-refractivity contribution in [3.63, 3.8) is 0 Å². The molecule has 112 valence electrons. The molecule has 21 heavy (non-hydrogen) atoms. The van der Waals surface area contributed by atoms with Gasteiger partial charge in [0.05, 0.1) is 19.9 Å². The van der Waals surface area contributed by atoms with Gasteiger partial charge in [0, 0.05) is 6.07 Å². The van der Waals surface area contributed by atoms with Gasteiger partial charge in [0.2, 0.25) is 5.88 Å². The predicted molar refractivity (Wildman–Crippen MR) is 80.9 cm³/mol. The molecule has 0 aliphatic carbocycles. The molecule has 0 fully saturated rings. The normalized spacial score (nSPS) is 10.2. The van der Waals surface area contributed by atoms with E-state index in [0.717, 1.165) is 17.7 Å². The van der Waals surface area contributed by atoms with Crippen LogP contribution in [0.5, 0.6) is 17.4 Å². The molecule has 0 bridgehead atoms. The molecular weight excluding hydrogens is 268 g/mol. The molecule has 0 amide bonds. The first kappa shape index (κ1) is 15.1. The second kappa shape index (κ2) is 7.50. The summed E-state index contributed by atoms with van der Waals surface area (Å²) < 4.78 is 16.2. The summed E-state index contributed by atoms with van der Waals surface area (Å²) in [5, 5.41) is 0. The molecule has 2 N–H and O–H groups in total. The fourth-order valence-corrected chi connectivity index (χ4v) is 1.96. The number of benzene rings is 1. The highest BCUT2D eigenvalue weighted by Gasteiger charge is 2.07. The second-order valence-corrected chi connectivity index (χ2v) is 4.48. The summed E-state index contributed by atoms with van der Waals surface area (Å²) in [5.41, 5.74) is 7.48. The molecule has 2 aromatic rings. The molecule has 1 aromatic heterocycles. The number of methoxy groups -OCH3 is 2. The zero-order valence-corrected chi connectivity index (χ0v) is 12.3. The van der Waals surface area contributed by atoms with Crippen LogP contribution in [-0.2, 0) is 13.0 Å². The first-order valence-corrected chi connectivity index (χ1v) is 6.76. The fraction of sp³-hybridized carbons (Fsp3) is 0.312. The van der Waals surface area contributed by atoms with Crippen LogP contribution in [0.15, 0.2) is 36.4 Å². The molecule has 0 aliphatic heterocycles. The average Bonchev–Trinajstić information content (AvgIpc) is 2.54. The van der Waals surface area contributed by atoms with E-state index >= 15 is 0 Å². The van der Waals surface area contributed by atoms with Crippen LogP contribution in [0.2, 0.25) is 0 Å². The SMILES string of the molecule is COc1cccc(COc2ccc(CCN)cc2OC)n1. The van der Waals surface area contributed by atoms with Crippen molar-refractivity contribution in [3.05, 3.63) is 47.7 Å². The monoisotopic (exact) mass is 288 g/mol. The first-order chi connectivity index (χ1) is 10.3. The molecule has 0 atom stereocenters. The summed E-state index contributed by atoms with van der Waals surface area (Å²) in [6.07, 6.45) is 0.814. The van der Waals surface area contributed by atoms with Crippen molar-refractivity contribution >= 4 is 0 Å². The van der Waals surface area contributed by atoms with Gasteiger partial charge in [0.25, 0.3) is 0 Å². The zero-order valence-electron chi connectivity index (χ0n) is 12.3. The van der Waals surface area contributed by atoms with Crippen molar-refractivity contribution in [2.75, 3.05) is 20.8 Å². The Hall–Kier alpha value is -2.27. The molecule has 0 saturated carbocycles. The van der Waals surface area contributed by atoms with Crippen molar-refractivity contribution < 1.29 is 14.2 Å². The molecule has 0 saturated heterocycles. The van der Waals surface area contributed by atoms with Crippen molar-refractivity contribution in [3.8, 4) is 17.4 Å². The first-order valence-electron chi connectivity index (χ1n) is 6.76. The number of nitrogens with zero attached hydrogens (tertiary/aromatic N) is 1. The maximum absolute atomic E-state index is 5.77. The van der Waals surface area contributed by atoms with Crippen molar-refractivity contribution in [1.82, 2.24) is 4.98 Å². The number of rotatable bonds is 7. The van der Waals surface area contributed by atoms with Gasteiger partial charge >= 0.3 is 0 Å². The third-order valence-corrected chi connectivity index (χ3v) is 3.03. The summed E-state index contributed by atoms with van der Waals surface area (Å²) >= 11 is 0. The van der Waals surface area contributed by atoms with Gasteiger partial charge in [0.15, 0.2) is 11.5 Å². The van der Waals surface area contributed by atoms with E-state index in [1.165, 1.54) is 0 Å². The van der Waals surface area contributed by atoms with Gasteiger partial charge in [-0.25, -0.2) is 4.98 Å². The van der Waals surface area contributed by atoms with Crippen LogP contribution in [0.25, 0.3) is 0 Å². The van der Waals surface area contributed by atoms with Crippen LogP contribution < -0.4 is 19.9 Å². The van der Waals surface area contributed by atoms with Crippen molar-refractivity contribution in [1.29, 1.82) is 0 Å². The maximum Gasteiger partial charge on any atom is 0.213 e. The van der Waals surface area contributed by atoms with E-state index in [-0.39, 0.29) is 0 Å². The number of hydrogen-bond donors (Lipinski definition) is 1. The third kappa shape index (κ3) is 4.10. The van der Waals surface area contributed by atoms with Gasteiger partial charge in [-0.1, -0.05) is 12.1 Å². The summed E-state index contributed by atoms with van der Waals surface area (Å²) in [4.78, 5) is 4.30. The topological polar surface area (TPSA) is 66.6 Å². The number of ether oxygens (including phenoxy) is 3. The number of pyridine rings is 1. The van der Waals surface area contributed by atoms with Crippen LogP contribution >= 0.6 is 0 Å². The van der Waals surface area contributed by atoms with Crippen LogP contribution in [0, 0.1) is 0 Å². The molecule has 5 nitrogen and oxygen atoms in total. The number of nitrogens with two attached hydrogens (primary N) is 1. The standard InChI is InChI=1S/C16H20N2O3/c1-19-15-10-12(8-9-17)6-7-14(15)21-11-13-4-3-5-16(18-13)20-2/h3-7,10H,8-9,11,17H2,1-2H3. The van der Waals surface area contributed by atoms with E-state index in [1.54, 1.807) is 20.3 Å². The Bertz CT molecular complexity index is 587. The molecule has 0 spiro atoms. The Labute approximate surface area is 124 Å². The average molecular weight is 288 g/mol. The molecule has 1 heterocycles. The lowest BCUT2D eigenvalue weighted by Crippen LogP contribution is -2.04. The minimum absolute atomic E-state index is 0.351. The van der Waals surface area contributed by atoms with E-state index in [0.29, 0.717) is 30.5 Å². The van der Waals surface area contributed by atoms with E-state index < -0.39 is 0 Å². The van der Waals surface area contributed by atoms with Crippen LogP contribution in [0.4, 0.5) is 0 Å². The Morgan fingerprint density at radius 1 is 1.05 bits per heavy atom. The zero-order chi connectivity index (χ0) is 15.1. The largest absolute Gasteiger partial charge is 0.493 e. The van der Waals surface area contributed by atoms with Gasteiger partial charge in [-0.05, 0) is 36.7 Å². The van der Waals surface area contributed by atoms with Crippen LogP contribution in [0.3, 0.4) is 0 Å². The lowest BCUT2D eigenvalue weighted by molar-refractivity contribution is 0.278. The highest BCUT2D eigenvalue weighted by molar-refractivity contribution is 5.43. The Morgan fingerprint density at radius 2 is 1.90 bits per heavy atom.